The number of alkyl halides is 3. The molecule has 3 nitrogen and oxygen atoms in total. The molecule has 6 heteroatoms. The number of aliphatic hydroxyl groups excluding tert-OH is 1. The minimum atomic E-state index is -4.55. The molecule has 102 valence electrons. The van der Waals surface area contributed by atoms with E-state index in [1.165, 1.54) is 6.42 Å². The van der Waals surface area contributed by atoms with Crippen LogP contribution >= 0.6 is 0 Å². The van der Waals surface area contributed by atoms with Crippen molar-refractivity contribution in [3.05, 3.63) is 0 Å². The van der Waals surface area contributed by atoms with Crippen molar-refractivity contribution in [3.8, 4) is 0 Å². The van der Waals surface area contributed by atoms with Gasteiger partial charge in [-0.25, -0.2) is 0 Å². The summed E-state index contributed by atoms with van der Waals surface area (Å²) in [5.41, 5.74) is -0.142. The molecule has 17 heavy (non-hydrogen) atoms. The number of ether oxygens (including phenoxy) is 1. The van der Waals surface area contributed by atoms with E-state index < -0.39 is 6.36 Å². The van der Waals surface area contributed by atoms with E-state index in [2.05, 4.69) is 10.1 Å². The van der Waals surface area contributed by atoms with Crippen LogP contribution in [0.15, 0.2) is 0 Å². The molecule has 0 unspecified atom stereocenters. The van der Waals surface area contributed by atoms with Crippen molar-refractivity contribution in [1.82, 2.24) is 5.32 Å². The van der Waals surface area contributed by atoms with Gasteiger partial charge in [-0.05, 0) is 12.8 Å². The number of rotatable bonds is 6. The predicted molar refractivity (Wildman–Crippen MR) is 57.5 cm³/mol. The highest BCUT2D eigenvalue weighted by molar-refractivity contribution is 4.84. The highest BCUT2D eigenvalue weighted by Crippen LogP contribution is 2.35. The molecule has 0 atom stereocenters. The predicted octanol–water partition coefficient (Wildman–Crippen LogP) is 2.06. The molecule has 0 radical (unpaired) electrons. The number of aliphatic hydroxyl groups is 1. The largest absolute Gasteiger partial charge is 0.522 e. The lowest BCUT2D eigenvalue weighted by molar-refractivity contribution is -0.323. The average Bonchev–Trinajstić information content (AvgIpc) is 2.28. The third kappa shape index (κ3) is 5.70. The highest BCUT2D eigenvalue weighted by atomic mass is 19.4. The quantitative estimate of drug-likeness (QED) is 0.714. The van der Waals surface area contributed by atoms with E-state index in [0.29, 0.717) is 6.54 Å². The van der Waals surface area contributed by atoms with Crippen LogP contribution in [0.25, 0.3) is 0 Å². The van der Waals surface area contributed by atoms with Gasteiger partial charge in [-0.3, -0.25) is 4.74 Å². The van der Waals surface area contributed by atoms with E-state index in [1.807, 2.05) is 0 Å². The summed E-state index contributed by atoms with van der Waals surface area (Å²) in [6.45, 7) is 0.428. The van der Waals surface area contributed by atoms with Gasteiger partial charge in [-0.15, -0.1) is 13.2 Å². The molecule has 0 saturated heterocycles. The molecule has 0 heterocycles. The maximum Gasteiger partial charge on any atom is 0.522 e. The Bertz CT molecular complexity index is 215. The summed E-state index contributed by atoms with van der Waals surface area (Å²) < 4.78 is 38.7. The van der Waals surface area contributed by atoms with Crippen molar-refractivity contribution in [2.75, 3.05) is 26.3 Å². The van der Waals surface area contributed by atoms with Gasteiger partial charge < -0.3 is 10.4 Å². The molecule has 1 aliphatic carbocycles. The SMILES string of the molecule is OCC1(CNCCOC(F)(F)F)CCCCC1. The van der Waals surface area contributed by atoms with Crippen molar-refractivity contribution in [3.63, 3.8) is 0 Å². The molecule has 2 N–H and O–H groups in total. The van der Waals surface area contributed by atoms with Gasteiger partial charge in [-0.1, -0.05) is 19.3 Å². The molecule has 0 aromatic carbocycles. The minimum Gasteiger partial charge on any atom is -0.396 e. The van der Waals surface area contributed by atoms with Gasteiger partial charge in [0.2, 0.25) is 0 Å². The van der Waals surface area contributed by atoms with Crippen molar-refractivity contribution in [2.45, 2.75) is 38.5 Å². The number of hydrogen-bond donors (Lipinski definition) is 2. The lowest BCUT2D eigenvalue weighted by Crippen LogP contribution is -2.40. The van der Waals surface area contributed by atoms with E-state index in [0.717, 1.165) is 25.7 Å². The first-order valence-corrected chi connectivity index (χ1v) is 6.00. The van der Waals surface area contributed by atoms with Crippen molar-refractivity contribution < 1.29 is 23.0 Å². The zero-order valence-electron chi connectivity index (χ0n) is 9.85. The third-order valence-electron chi connectivity index (χ3n) is 3.29. The molecule has 0 bridgehead atoms. The van der Waals surface area contributed by atoms with Gasteiger partial charge in [0.15, 0.2) is 0 Å². The van der Waals surface area contributed by atoms with Crippen molar-refractivity contribution in [1.29, 1.82) is 0 Å². The number of hydrogen-bond acceptors (Lipinski definition) is 3. The van der Waals surface area contributed by atoms with E-state index in [9.17, 15) is 18.3 Å². The van der Waals surface area contributed by atoms with Gasteiger partial charge in [-0.2, -0.15) is 0 Å². The lowest BCUT2D eigenvalue weighted by atomic mass is 9.74. The molecule has 0 amide bonds. The van der Waals surface area contributed by atoms with Gasteiger partial charge in [0.25, 0.3) is 0 Å². The fourth-order valence-electron chi connectivity index (χ4n) is 2.29. The monoisotopic (exact) mass is 255 g/mol. The number of nitrogens with one attached hydrogen (secondary N) is 1. The Balaban J connectivity index is 2.15. The Hall–Kier alpha value is -0.330. The van der Waals surface area contributed by atoms with Gasteiger partial charge in [0, 0.05) is 25.1 Å². The second kappa shape index (κ2) is 6.56. The Morgan fingerprint density at radius 1 is 1.18 bits per heavy atom. The maximum atomic E-state index is 11.7. The minimum absolute atomic E-state index is 0.0973. The summed E-state index contributed by atoms with van der Waals surface area (Å²) in [6.07, 6.45) is 0.677. The molecule has 1 fully saturated rings. The Morgan fingerprint density at radius 3 is 2.35 bits per heavy atom. The molecule has 1 rings (SSSR count). The summed E-state index contributed by atoms with van der Waals surface area (Å²) in [7, 11) is 0. The van der Waals surface area contributed by atoms with Gasteiger partial charge in [0.05, 0.1) is 6.61 Å². The second-order valence-electron chi connectivity index (χ2n) is 4.69. The van der Waals surface area contributed by atoms with Crippen LogP contribution in [0.2, 0.25) is 0 Å². The zero-order valence-corrected chi connectivity index (χ0v) is 9.85. The van der Waals surface area contributed by atoms with Crippen LogP contribution in [0.3, 0.4) is 0 Å². The van der Waals surface area contributed by atoms with Crippen LogP contribution in [0, 0.1) is 5.41 Å². The molecule has 0 aromatic rings. The van der Waals surface area contributed by atoms with Gasteiger partial charge >= 0.3 is 6.36 Å². The second-order valence-corrected chi connectivity index (χ2v) is 4.69. The molecule has 0 aromatic heterocycles. The van der Waals surface area contributed by atoms with Gasteiger partial charge in [0.1, 0.15) is 0 Å². The normalized spacial score (nSPS) is 20.5. The molecule has 1 saturated carbocycles. The van der Waals surface area contributed by atoms with Crippen molar-refractivity contribution in [2.24, 2.45) is 5.41 Å². The summed E-state index contributed by atoms with van der Waals surface area (Å²) >= 11 is 0. The Labute approximate surface area is 99.3 Å². The van der Waals surface area contributed by atoms with Crippen LogP contribution in [-0.2, 0) is 4.74 Å². The molecule has 0 aliphatic heterocycles. The summed E-state index contributed by atoms with van der Waals surface area (Å²) in [4.78, 5) is 0. The van der Waals surface area contributed by atoms with E-state index in [1.54, 1.807) is 0 Å². The van der Waals surface area contributed by atoms with E-state index >= 15 is 0 Å². The standard InChI is InChI=1S/C11H20F3NO2/c12-11(13,14)17-7-6-15-8-10(9-16)4-2-1-3-5-10/h15-16H,1-9H2. The molecule has 0 spiro atoms. The van der Waals surface area contributed by atoms with E-state index in [4.69, 9.17) is 0 Å². The van der Waals surface area contributed by atoms with Crippen LogP contribution in [-0.4, -0.2) is 37.8 Å². The first-order valence-electron chi connectivity index (χ1n) is 6.00. The smallest absolute Gasteiger partial charge is 0.396 e. The average molecular weight is 255 g/mol. The molecule has 1 aliphatic rings. The Morgan fingerprint density at radius 2 is 1.82 bits per heavy atom. The highest BCUT2D eigenvalue weighted by Gasteiger charge is 2.31. The first kappa shape index (κ1) is 14.7. The fourth-order valence-corrected chi connectivity index (χ4v) is 2.29. The zero-order chi connectivity index (χ0) is 12.8. The summed E-state index contributed by atoms with van der Waals surface area (Å²) in [5, 5.41) is 12.3. The number of halogens is 3. The van der Waals surface area contributed by atoms with Crippen molar-refractivity contribution >= 4 is 0 Å². The molecular weight excluding hydrogens is 235 g/mol. The van der Waals surface area contributed by atoms with Crippen LogP contribution < -0.4 is 5.32 Å². The van der Waals surface area contributed by atoms with Crippen LogP contribution in [0.1, 0.15) is 32.1 Å². The molecular formula is C11H20F3NO2. The first-order chi connectivity index (χ1) is 7.97. The topological polar surface area (TPSA) is 41.5 Å². The Kier molecular flexibility index (Phi) is 5.69. The van der Waals surface area contributed by atoms with E-state index in [-0.39, 0.29) is 25.2 Å². The summed E-state index contributed by atoms with van der Waals surface area (Å²) in [6, 6.07) is 0. The maximum absolute atomic E-state index is 11.7. The lowest BCUT2D eigenvalue weighted by Gasteiger charge is -2.35. The van der Waals surface area contributed by atoms with Crippen LogP contribution in [0.5, 0.6) is 0 Å². The van der Waals surface area contributed by atoms with Crippen LogP contribution in [0.4, 0.5) is 13.2 Å². The fraction of sp³-hybridized carbons (Fsp3) is 1.00. The summed E-state index contributed by atoms with van der Waals surface area (Å²) in [5.74, 6) is 0. The third-order valence-corrected chi connectivity index (χ3v) is 3.29.